The van der Waals surface area contributed by atoms with Crippen molar-refractivity contribution in [3.63, 3.8) is 0 Å². The van der Waals surface area contributed by atoms with Crippen LogP contribution in [0, 0.1) is 28.6 Å². The number of amides is 1. The van der Waals surface area contributed by atoms with E-state index in [4.69, 9.17) is 9.15 Å². The van der Waals surface area contributed by atoms with E-state index in [0.717, 1.165) is 18.4 Å². The van der Waals surface area contributed by atoms with Crippen molar-refractivity contribution in [2.75, 3.05) is 6.61 Å². The number of carbonyl (C=O) groups is 5. The molecule has 0 spiro atoms. The number of rotatable bonds is 8. The normalized spacial score (nSPS) is 35.4. The third kappa shape index (κ3) is 4.68. The van der Waals surface area contributed by atoms with Crippen LogP contribution in [-0.2, 0) is 35.3 Å². The van der Waals surface area contributed by atoms with Gasteiger partial charge < -0.3 is 19.6 Å². The molecule has 3 unspecified atom stereocenters. The fourth-order valence-corrected chi connectivity index (χ4v) is 8.09. The largest absolute Gasteiger partial charge is 0.467 e. The maximum Gasteiger partial charge on any atom is 0.306 e. The maximum atomic E-state index is 13.7. The van der Waals surface area contributed by atoms with E-state index in [1.165, 1.54) is 6.26 Å². The number of ether oxygens (including phenoxy) is 1. The quantitative estimate of drug-likeness (QED) is 0.480. The van der Waals surface area contributed by atoms with Crippen molar-refractivity contribution in [2.45, 2.75) is 83.8 Å². The third-order valence-electron chi connectivity index (χ3n) is 10.2. The number of fused-ring (bicyclic) bond motifs is 5. The van der Waals surface area contributed by atoms with Crippen molar-refractivity contribution < 1.29 is 38.2 Å². The molecule has 4 aliphatic carbocycles. The van der Waals surface area contributed by atoms with Crippen LogP contribution in [-0.4, -0.2) is 46.5 Å². The molecule has 210 valence electrons. The number of esters is 1. The van der Waals surface area contributed by atoms with Gasteiger partial charge in [0.15, 0.2) is 12.4 Å². The molecule has 1 amide bonds. The summed E-state index contributed by atoms with van der Waals surface area (Å²) in [4.78, 5) is 63.3. The highest BCUT2D eigenvalue weighted by atomic mass is 16.5. The first kappa shape index (κ1) is 27.5. The van der Waals surface area contributed by atoms with Gasteiger partial charge >= 0.3 is 5.97 Å². The van der Waals surface area contributed by atoms with Crippen molar-refractivity contribution >= 4 is 29.2 Å². The molecule has 9 heteroatoms. The van der Waals surface area contributed by atoms with Crippen LogP contribution in [0.1, 0.15) is 77.4 Å². The molecular weight excluding hydrogens is 502 g/mol. The van der Waals surface area contributed by atoms with Gasteiger partial charge in [0.25, 0.3) is 0 Å². The average Bonchev–Trinajstić information content (AvgIpc) is 3.51. The van der Waals surface area contributed by atoms with Gasteiger partial charge in [-0.05, 0) is 67.6 Å². The monoisotopic (exact) mass is 539 g/mol. The van der Waals surface area contributed by atoms with Crippen LogP contribution >= 0.6 is 0 Å². The Kier molecular flexibility index (Phi) is 7.16. The smallest absolute Gasteiger partial charge is 0.306 e. The number of nitrogens with one attached hydrogen (secondary N) is 1. The molecule has 0 bridgehead atoms. The average molecular weight is 540 g/mol. The zero-order chi connectivity index (χ0) is 28.0. The Morgan fingerprint density at radius 3 is 2.67 bits per heavy atom. The Labute approximate surface area is 227 Å². The molecule has 6 atom stereocenters. The van der Waals surface area contributed by atoms with Gasteiger partial charge in [0.1, 0.15) is 17.1 Å². The Morgan fingerprint density at radius 1 is 1.13 bits per heavy atom. The third-order valence-corrected chi connectivity index (χ3v) is 10.2. The number of aliphatic hydroxyl groups is 1. The molecule has 0 aliphatic heterocycles. The first-order valence-corrected chi connectivity index (χ1v) is 13.9. The van der Waals surface area contributed by atoms with Crippen LogP contribution in [0.2, 0.25) is 0 Å². The number of furan rings is 1. The fourth-order valence-electron chi connectivity index (χ4n) is 8.09. The van der Waals surface area contributed by atoms with Crippen molar-refractivity contribution in [1.29, 1.82) is 0 Å². The molecule has 1 aromatic rings. The first-order chi connectivity index (χ1) is 18.5. The second kappa shape index (κ2) is 10.2. The van der Waals surface area contributed by atoms with E-state index >= 15 is 0 Å². The first-order valence-electron chi connectivity index (χ1n) is 13.9. The predicted molar refractivity (Wildman–Crippen MR) is 138 cm³/mol. The SMILES string of the molecule is C[C@]12CCC(=O)C=C1CCC1C2C(=O)C[C@@]2(C)C1CC[C@]2(O)C(=O)COC(=O)CCC(=O)NCc1ccco1. The summed E-state index contributed by atoms with van der Waals surface area (Å²) in [6.07, 6.45) is 6.47. The number of hydrogen-bond acceptors (Lipinski definition) is 8. The molecule has 39 heavy (non-hydrogen) atoms. The van der Waals surface area contributed by atoms with Gasteiger partial charge in [-0.2, -0.15) is 0 Å². The summed E-state index contributed by atoms with van der Waals surface area (Å²) < 4.78 is 10.3. The van der Waals surface area contributed by atoms with Gasteiger partial charge in [-0.25, -0.2) is 0 Å². The number of Topliss-reactive ketones (excluding diaryl/α,β-unsaturated/α-hetero) is 2. The molecule has 1 aromatic heterocycles. The topological polar surface area (TPSA) is 140 Å². The van der Waals surface area contributed by atoms with E-state index in [9.17, 15) is 29.1 Å². The number of allylic oxidation sites excluding steroid dienone is 1. The highest BCUT2D eigenvalue weighted by Crippen LogP contribution is 2.66. The highest BCUT2D eigenvalue weighted by Gasteiger charge is 2.68. The lowest BCUT2D eigenvalue weighted by molar-refractivity contribution is -0.173. The lowest BCUT2D eigenvalue weighted by Gasteiger charge is -2.57. The molecule has 1 heterocycles. The van der Waals surface area contributed by atoms with Crippen LogP contribution in [0.5, 0.6) is 0 Å². The summed E-state index contributed by atoms with van der Waals surface area (Å²) in [5, 5.41) is 14.4. The van der Waals surface area contributed by atoms with E-state index in [0.29, 0.717) is 25.0 Å². The summed E-state index contributed by atoms with van der Waals surface area (Å²) >= 11 is 0. The molecular formula is C30H37NO8. The van der Waals surface area contributed by atoms with E-state index in [2.05, 4.69) is 12.2 Å². The zero-order valence-electron chi connectivity index (χ0n) is 22.6. The Hall–Kier alpha value is -3.07. The second-order valence-corrected chi connectivity index (χ2v) is 12.2. The molecule has 9 nitrogen and oxygen atoms in total. The Bertz CT molecular complexity index is 1220. The van der Waals surface area contributed by atoms with Gasteiger partial charge in [0.05, 0.1) is 19.2 Å². The minimum atomic E-state index is -1.77. The van der Waals surface area contributed by atoms with Gasteiger partial charge in [-0.15, -0.1) is 0 Å². The van der Waals surface area contributed by atoms with Crippen LogP contribution in [0.4, 0.5) is 0 Å². The summed E-state index contributed by atoms with van der Waals surface area (Å²) in [5.41, 5.74) is -1.98. The fraction of sp³-hybridized carbons (Fsp3) is 0.633. The van der Waals surface area contributed by atoms with E-state index in [1.807, 2.05) is 6.92 Å². The highest BCUT2D eigenvalue weighted by molar-refractivity contribution is 5.95. The summed E-state index contributed by atoms with van der Waals surface area (Å²) in [7, 11) is 0. The summed E-state index contributed by atoms with van der Waals surface area (Å²) in [5.74, 6) is -1.07. The molecule has 0 saturated heterocycles. The van der Waals surface area contributed by atoms with Crippen LogP contribution in [0.3, 0.4) is 0 Å². The van der Waals surface area contributed by atoms with Crippen molar-refractivity contribution in [3.8, 4) is 0 Å². The standard InChI is InChI=1S/C30H37NO8/c1-28-11-9-19(32)14-18(28)5-6-21-22-10-12-30(37,29(22,2)15-23(33)27(21)28)24(34)17-39-26(36)8-7-25(35)31-16-20-4-3-13-38-20/h3-4,13-14,21-22,27,37H,5-12,15-17H2,1-2H3,(H,31,35)/t21?,22?,27?,28-,29-,30-/m0/s1. The van der Waals surface area contributed by atoms with Gasteiger partial charge in [0.2, 0.25) is 11.7 Å². The summed E-state index contributed by atoms with van der Waals surface area (Å²) in [6.45, 7) is 3.55. The maximum absolute atomic E-state index is 13.7. The minimum absolute atomic E-state index is 0.0151. The second-order valence-electron chi connectivity index (χ2n) is 12.2. The molecule has 5 rings (SSSR count). The van der Waals surface area contributed by atoms with Crippen molar-refractivity contribution in [1.82, 2.24) is 5.32 Å². The molecule has 4 aliphatic rings. The number of carbonyl (C=O) groups excluding carboxylic acids is 5. The van der Waals surface area contributed by atoms with E-state index in [1.54, 1.807) is 18.2 Å². The summed E-state index contributed by atoms with van der Waals surface area (Å²) in [6, 6.07) is 3.43. The zero-order valence-corrected chi connectivity index (χ0v) is 22.6. The van der Waals surface area contributed by atoms with Gasteiger partial charge in [-0.1, -0.05) is 19.4 Å². The lowest BCUT2D eigenvalue weighted by Crippen LogP contribution is -2.61. The Balaban J connectivity index is 1.19. The Morgan fingerprint density at radius 2 is 1.92 bits per heavy atom. The number of hydrogen-bond donors (Lipinski definition) is 2. The van der Waals surface area contributed by atoms with Crippen molar-refractivity contribution in [3.05, 3.63) is 35.8 Å². The van der Waals surface area contributed by atoms with Gasteiger partial charge in [-0.3, -0.25) is 24.0 Å². The molecule has 0 aromatic carbocycles. The van der Waals surface area contributed by atoms with Crippen LogP contribution in [0.15, 0.2) is 34.5 Å². The molecule has 3 saturated carbocycles. The lowest BCUT2D eigenvalue weighted by atomic mass is 9.46. The minimum Gasteiger partial charge on any atom is -0.467 e. The number of ketones is 3. The molecule has 0 radical (unpaired) electrons. The van der Waals surface area contributed by atoms with Crippen LogP contribution in [0.25, 0.3) is 0 Å². The van der Waals surface area contributed by atoms with Crippen LogP contribution < -0.4 is 5.32 Å². The molecule has 3 fully saturated rings. The van der Waals surface area contributed by atoms with E-state index in [-0.39, 0.29) is 72.9 Å². The van der Waals surface area contributed by atoms with Crippen molar-refractivity contribution in [2.24, 2.45) is 28.6 Å². The van der Waals surface area contributed by atoms with E-state index < -0.39 is 29.4 Å². The van der Waals surface area contributed by atoms with Gasteiger partial charge in [0, 0.05) is 30.6 Å². The predicted octanol–water partition coefficient (Wildman–Crippen LogP) is 3.23. The molecule has 2 N–H and O–H groups in total.